The minimum atomic E-state index is -1.18. The van der Waals surface area contributed by atoms with Crippen molar-refractivity contribution in [1.29, 1.82) is 0 Å². The van der Waals surface area contributed by atoms with Gasteiger partial charge in [-0.25, -0.2) is 4.79 Å². The van der Waals surface area contributed by atoms with Crippen LogP contribution in [0.1, 0.15) is 4.88 Å². The van der Waals surface area contributed by atoms with Crippen LogP contribution in [0.25, 0.3) is 0 Å². The summed E-state index contributed by atoms with van der Waals surface area (Å²) in [4.78, 5) is 39.2. The number of rotatable bonds is 6. The average molecular weight is 338 g/mol. The molecule has 0 saturated heterocycles. The Kier molecular flexibility index (Phi) is 5.51. The van der Waals surface area contributed by atoms with Crippen molar-refractivity contribution in [2.45, 2.75) is 17.8 Å². The van der Waals surface area contributed by atoms with E-state index >= 15 is 0 Å². The van der Waals surface area contributed by atoms with Crippen molar-refractivity contribution in [2.75, 3.05) is 5.75 Å². The van der Waals surface area contributed by atoms with Crippen molar-refractivity contribution >= 4 is 47.0 Å². The summed E-state index contributed by atoms with van der Waals surface area (Å²) in [6.45, 7) is 3.64. The normalized spacial score (nSPS) is 19.2. The topological polar surface area (TPSA) is 95.8 Å². The Morgan fingerprint density at radius 3 is 2.95 bits per heavy atom. The van der Waals surface area contributed by atoms with E-state index < -0.39 is 17.4 Å². The SMILES string of the molecule is C=C1CS[C@H]([C@@H](C=O)NC(=O)Cc2cccs2)N=C1C(=O)O. The molecular weight excluding hydrogens is 324 g/mol. The van der Waals surface area contributed by atoms with E-state index in [0.29, 0.717) is 17.6 Å². The van der Waals surface area contributed by atoms with Gasteiger partial charge >= 0.3 is 5.97 Å². The maximum Gasteiger partial charge on any atom is 0.354 e. The Labute approximate surface area is 135 Å². The Bertz CT molecular complexity index is 625. The van der Waals surface area contributed by atoms with Gasteiger partial charge in [-0.2, -0.15) is 0 Å². The minimum absolute atomic E-state index is 0.136. The van der Waals surface area contributed by atoms with Gasteiger partial charge in [-0.05, 0) is 17.0 Å². The van der Waals surface area contributed by atoms with Crippen LogP contribution in [0.4, 0.5) is 0 Å². The van der Waals surface area contributed by atoms with E-state index in [1.54, 1.807) is 0 Å². The summed E-state index contributed by atoms with van der Waals surface area (Å²) < 4.78 is 0. The van der Waals surface area contributed by atoms with Crippen LogP contribution in [0, 0.1) is 0 Å². The number of carbonyl (C=O) groups is 3. The second-order valence-corrected chi connectivity index (χ2v) is 6.71. The fourth-order valence-corrected chi connectivity index (χ4v) is 3.61. The van der Waals surface area contributed by atoms with E-state index in [4.69, 9.17) is 5.11 Å². The number of carbonyl (C=O) groups excluding carboxylic acids is 2. The number of amides is 1. The van der Waals surface area contributed by atoms with Crippen molar-refractivity contribution in [3.05, 3.63) is 34.5 Å². The highest BCUT2D eigenvalue weighted by molar-refractivity contribution is 8.00. The Hall–Kier alpha value is -1.93. The van der Waals surface area contributed by atoms with Crippen LogP contribution in [0.5, 0.6) is 0 Å². The molecule has 1 aliphatic heterocycles. The predicted molar refractivity (Wildman–Crippen MR) is 86.5 cm³/mol. The molecule has 22 heavy (non-hydrogen) atoms. The number of nitrogens with zero attached hydrogens (tertiary/aromatic N) is 1. The van der Waals surface area contributed by atoms with Crippen molar-refractivity contribution < 1.29 is 19.5 Å². The van der Waals surface area contributed by atoms with Gasteiger partial charge in [0, 0.05) is 10.6 Å². The summed E-state index contributed by atoms with van der Waals surface area (Å²) in [5.74, 6) is -1.11. The molecule has 6 nitrogen and oxygen atoms in total. The van der Waals surface area contributed by atoms with Gasteiger partial charge in [0.2, 0.25) is 5.91 Å². The third-order valence-corrected chi connectivity index (χ3v) is 5.05. The molecule has 0 fully saturated rings. The number of thiophene rings is 1. The van der Waals surface area contributed by atoms with E-state index in [1.165, 1.54) is 23.1 Å². The molecule has 0 aromatic carbocycles. The molecule has 1 aromatic heterocycles. The first-order chi connectivity index (χ1) is 10.5. The standard InChI is InChI=1S/C14H14N2O4S2/c1-8-7-22-13(16-12(8)14(19)20)10(6-17)15-11(18)5-9-3-2-4-21-9/h2-4,6,10,13H,1,5,7H2,(H,15,18)(H,19,20)/t10-,13-/m1/s1. The monoisotopic (exact) mass is 338 g/mol. The fourth-order valence-electron chi connectivity index (χ4n) is 1.88. The number of thioether (sulfide) groups is 1. The second-order valence-electron chi connectivity index (χ2n) is 4.57. The average Bonchev–Trinajstić information content (AvgIpc) is 2.98. The summed E-state index contributed by atoms with van der Waals surface area (Å²) in [7, 11) is 0. The Morgan fingerprint density at radius 2 is 2.36 bits per heavy atom. The lowest BCUT2D eigenvalue weighted by molar-refractivity contribution is -0.129. The lowest BCUT2D eigenvalue weighted by Gasteiger charge is -2.24. The third-order valence-electron chi connectivity index (χ3n) is 2.92. The van der Waals surface area contributed by atoms with Crippen LogP contribution in [0.15, 0.2) is 34.7 Å². The van der Waals surface area contributed by atoms with Gasteiger partial charge in [0.25, 0.3) is 0 Å². The molecular formula is C14H14N2O4S2. The Morgan fingerprint density at radius 1 is 1.59 bits per heavy atom. The maximum absolute atomic E-state index is 11.9. The molecule has 2 heterocycles. The van der Waals surface area contributed by atoms with Crippen LogP contribution in [0.3, 0.4) is 0 Å². The zero-order valence-electron chi connectivity index (χ0n) is 11.5. The summed E-state index contributed by atoms with van der Waals surface area (Å²) in [5, 5.41) is 12.9. The molecule has 1 aliphatic rings. The van der Waals surface area contributed by atoms with Gasteiger partial charge in [-0.1, -0.05) is 12.6 Å². The first-order valence-corrected chi connectivity index (χ1v) is 8.32. The van der Waals surface area contributed by atoms with Crippen LogP contribution in [0.2, 0.25) is 0 Å². The van der Waals surface area contributed by atoms with Gasteiger partial charge in [-0.3, -0.25) is 9.79 Å². The zero-order chi connectivity index (χ0) is 16.1. The van der Waals surface area contributed by atoms with E-state index in [0.717, 1.165) is 4.88 Å². The van der Waals surface area contributed by atoms with E-state index in [2.05, 4.69) is 16.9 Å². The largest absolute Gasteiger partial charge is 0.477 e. The number of hydrogen-bond donors (Lipinski definition) is 2. The number of carboxylic acids is 1. The van der Waals surface area contributed by atoms with Crippen molar-refractivity contribution in [1.82, 2.24) is 5.32 Å². The molecule has 0 saturated carbocycles. The first kappa shape index (κ1) is 16.4. The van der Waals surface area contributed by atoms with Crippen molar-refractivity contribution in [2.24, 2.45) is 4.99 Å². The van der Waals surface area contributed by atoms with Crippen LogP contribution >= 0.6 is 23.1 Å². The molecule has 0 bridgehead atoms. The van der Waals surface area contributed by atoms with E-state index in [-0.39, 0.29) is 18.0 Å². The maximum atomic E-state index is 11.9. The summed E-state index contributed by atoms with van der Waals surface area (Å²) >= 11 is 2.74. The van der Waals surface area contributed by atoms with Gasteiger partial charge < -0.3 is 15.2 Å². The highest BCUT2D eigenvalue weighted by Gasteiger charge is 2.29. The lowest BCUT2D eigenvalue weighted by Crippen LogP contribution is -2.45. The fraction of sp³-hybridized carbons (Fsp3) is 0.286. The highest BCUT2D eigenvalue weighted by Crippen LogP contribution is 2.25. The van der Waals surface area contributed by atoms with Gasteiger partial charge in [0.15, 0.2) is 0 Å². The molecule has 8 heteroatoms. The molecule has 116 valence electrons. The molecule has 0 radical (unpaired) electrons. The van der Waals surface area contributed by atoms with Crippen molar-refractivity contribution in [3.63, 3.8) is 0 Å². The minimum Gasteiger partial charge on any atom is -0.477 e. The molecule has 0 aliphatic carbocycles. The number of aldehydes is 1. The summed E-state index contributed by atoms with van der Waals surface area (Å²) in [6, 6.07) is 2.82. The molecule has 0 unspecified atom stereocenters. The molecule has 2 rings (SSSR count). The molecule has 2 N–H and O–H groups in total. The highest BCUT2D eigenvalue weighted by atomic mass is 32.2. The summed E-state index contributed by atoms with van der Waals surface area (Å²) in [6.07, 6.45) is 0.767. The van der Waals surface area contributed by atoms with E-state index in [1.807, 2.05) is 17.5 Å². The van der Waals surface area contributed by atoms with Crippen molar-refractivity contribution in [3.8, 4) is 0 Å². The molecule has 1 aromatic rings. The molecule has 0 spiro atoms. The number of carboxylic acid groups (broad SMARTS) is 1. The summed E-state index contributed by atoms with van der Waals surface area (Å²) in [5.41, 5.74) is 0.270. The number of aliphatic carboxylic acids is 1. The predicted octanol–water partition coefficient (Wildman–Crippen LogP) is 1.13. The molecule has 1 amide bonds. The van der Waals surface area contributed by atoms with Gasteiger partial charge in [-0.15, -0.1) is 23.1 Å². The van der Waals surface area contributed by atoms with E-state index in [9.17, 15) is 14.4 Å². The number of hydrogen-bond acceptors (Lipinski definition) is 6. The number of nitrogens with one attached hydrogen (secondary N) is 1. The van der Waals surface area contributed by atoms with Crippen LogP contribution < -0.4 is 5.32 Å². The first-order valence-electron chi connectivity index (χ1n) is 6.39. The number of aliphatic imine (C=N–C) groups is 1. The lowest BCUT2D eigenvalue weighted by atomic mass is 10.2. The Balaban J connectivity index is 2.05. The van der Waals surface area contributed by atoms with Crippen LogP contribution in [-0.4, -0.2) is 46.1 Å². The quantitative estimate of drug-likeness (QED) is 0.758. The van der Waals surface area contributed by atoms with Gasteiger partial charge in [0.1, 0.15) is 23.4 Å². The zero-order valence-corrected chi connectivity index (χ0v) is 13.2. The van der Waals surface area contributed by atoms with Gasteiger partial charge in [0.05, 0.1) is 6.42 Å². The van der Waals surface area contributed by atoms with Crippen LogP contribution in [-0.2, 0) is 20.8 Å². The molecule has 2 atom stereocenters. The third kappa shape index (κ3) is 4.05. The smallest absolute Gasteiger partial charge is 0.354 e. The second kappa shape index (κ2) is 7.37.